The number of ether oxygens (including phenoxy) is 2. The van der Waals surface area contributed by atoms with Crippen molar-refractivity contribution in [1.29, 1.82) is 0 Å². The molecule has 0 aliphatic carbocycles. The monoisotopic (exact) mass is 377 g/mol. The Bertz CT molecular complexity index is 680. The minimum Gasteiger partial charge on any atom is -0.489 e. The van der Waals surface area contributed by atoms with Gasteiger partial charge in [0.2, 0.25) is 0 Å². The quantitative estimate of drug-likeness (QED) is 0.778. The molecule has 1 amide bonds. The molecule has 0 bridgehead atoms. The van der Waals surface area contributed by atoms with Crippen LogP contribution in [-0.4, -0.2) is 11.7 Å². The summed E-state index contributed by atoms with van der Waals surface area (Å²) in [4.78, 5) is 11.8. The lowest BCUT2D eigenvalue weighted by Gasteiger charge is -2.19. The standard InChI is InChI=1S/C18H20BrNO3/c1-18(2,3)23-17(21)20-15-8-4-6-13(10-15)12-22-16-9-5-7-14(19)11-16/h4-11H,12H2,1-3H3,(H,20,21). The molecule has 0 aliphatic heterocycles. The summed E-state index contributed by atoms with van der Waals surface area (Å²) in [6.45, 7) is 5.90. The Morgan fingerprint density at radius 3 is 2.57 bits per heavy atom. The molecule has 0 saturated heterocycles. The van der Waals surface area contributed by atoms with Crippen LogP contribution in [0.5, 0.6) is 5.75 Å². The number of hydrogen-bond donors (Lipinski definition) is 1. The molecule has 0 radical (unpaired) electrons. The van der Waals surface area contributed by atoms with Crippen molar-refractivity contribution < 1.29 is 14.3 Å². The lowest BCUT2D eigenvalue weighted by atomic mass is 10.2. The predicted octanol–water partition coefficient (Wildman–Crippen LogP) is 5.38. The molecule has 0 unspecified atom stereocenters. The number of halogens is 1. The van der Waals surface area contributed by atoms with E-state index in [2.05, 4.69) is 21.2 Å². The average molecular weight is 378 g/mol. The number of rotatable bonds is 4. The number of anilines is 1. The lowest BCUT2D eigenvalue weighted by molar-refractivity contribution is 0.0636. The number of carbonyl (C=O) groups excluding carboxylic acids is 1. The summed E-state index contributed by atoms with van der Waals surface area (Å²) in [6, 6.07) is 15.1. The van der Waals surface area contributed by atoms with E-state index in [0.717, 1.165) is 15.8 Å². The highest BCUT2D eigenvalue weighted by Crippen LogP contribution is 2.20. The number of hydrogen-bond acceptors (Lipinski definition) is 3. The van der Waals surface area contributed by atoms with Gasteiger partial charge in [-0.15, -0.1) is 0 Å². The van der Waals surface area contributed by atoms with Gasteiger partial charge in [-0.2, -0.15) is 0 Å². The van der Waals surface area contributed by atoms with E-state index in [1.807, 2.05) is 69.3 Å². The van der Waals surface area contributed by atoms with Crippen molar-refractivity contribution in [2.75, 3.05) is 5.32 Å². The van der Waals surface area contributed by atoms with Crippen molar-refractivity contribution in [1.82, 2.24) is 0 Å². The van der Waals surface area contributed by atoms with Crippen molar-refractivity contribution in [3.8, 4) is 5.75 Å². The van der Waals surface area contributed by atoms with Gasteiger partial charge < -0.3 is 9.47 Å². The second-order valence-corrected chi connectivity index (χ2v) is 6.99. The first-order valence-electron chi connectivity index (χ1n) is 7.29. The van der Waals surface area contributed by atoms with Crippen LogP contribution in [0, 0.1) is 0 Å². The van der Waals surface area contributed by atoms with Crippen molar-refractivity contribution >= 4 is 27.7 Å². The van der Waals surface area contributed by atoms with Crippen LogP contribution in [0.2, 0.25) is 0 Å². The maximum Gasteiger partial charge on any atom is 0.412 e. The topological polar surface area (TPSA) is 47.6 Å². The molecule has 0 heterocycles. The van der Waals surface area contributed by atoms with E-state index in [-0.39, 0.29) is 0 Å². The molecule has 5 heteroatoms. The summed E-state index contributed by atoms with van der Waals surface area (Å²) in [5, 5.41) is 2.72. The molecule has 0 fully saturated rings. The highest BCUT2D eigenvalue weighted by molar-refractivity contribution is 9.10. The Labute approximate surface area is 144 Å². The molecular weight excluding hydrogens is 358 g/mol. The van der Waals surface area contributed by atoms with Crippen molar-refractivity contribution in [3.05, 3.63) is 58.6 Å². The number of carbonyl (C=O) groups is 1. The minimum absolute atomic E-state index is 0.417. The minimum atomic E-state index is -0.522. The van der Waals surface area contributed by atoms with Crippen LogP contribution in [0.4, 0.5) is 10.5 Å². The fraction of sp³-hybridized carbons (Fsp3) is 0.278. The molecule has 4 nitrogen and oxygen atoms in total. The van der Waals surface area contributed by atoms with Crippen molar-refractivity contribution in [2.24, 2.45) is 0 Å². The van der Waals surface area contributed by atoms with Crippen LogP contribution >= 0.6 is 15.9 Å². The molecule has 0 aromatic heterocycles. The Morgan fingerprint density at radius 1 is 1.13 bits per heavy atom. The van der Waals surface area contributed by atoms with E-state index in [0.29, 0.717) is 12.3 Å². The lowest BCUT2D eigenvalue weighted by Crippen LogP contribution is -2.27. The largest absolute Gasteiger partial charge is 0.489 e. The number of benzene rings is 2. The number of nitrogens with one attached hydrogen (secondary N) is 1. The Morgan fingerprint density at radius 2 is 1.87 bits per heavy atom. The molecule has 2 aromatic carbocycles. The third kappa shape index (κ3) is 6.32. The van der Waals surface area contributed by atoms with Crippen LogP contribution in [0.3, 0.4) is 0 Å². The molecule has 0 saturated carbocycles. The van der Waals surface area contributed by atoms with Crippen LogP contribution < -0.4 is 10.1 Å². The molecule has 23 heavy (non-hydrogen) atoms. The first-order valence-corrected chi connectivity index (χ1v) is 8.08. The third-order valence-corrected chi connectivity index (χ3v) is 3.27. The second kappa shape index (κ2) is 7.51. The van der Waals surface area contributed by atoms with E-state index >= 15 is 0 Å². The van der Waals surface area contributed by atoms with Gasteiger partial charge in [0.15, 0.2) is 0 Å². The van der Waals surface area contributed by atoms with Crippen LogP contribution in [0.25, 0.3) is 0 Å². The zero-order valence-corrected chi connectivity index (χ0v) is 15.0. The van der Waals surface area contributed by atoms with Gasteiger partial charge in [0.05, 0.1) is 0 Å². The zero-order valence-electron chi connectivity index (χ0n) is 13.4. The summed E-state index contributed by atoms with van der Waals surface area (Å²) in [6.07, 6.45) is -0.470. The Hall–Kier alpha value is -2.01. The Kier molecular flexibility index (Phi) is 5.66. The number of amides is 1. The SMILES string of the molecule is CC(C)(C)OC(=O)Nc1cccc(COc2cccc(Br)c2)c1. The van der Waals surface area contributed by atoms with E-state index < -0.39 is 11.7 Å². The summed E-state index contributed by atoms with van der Waals surface area (Å²) in [5.74, 6) is 0.782. The van der Waals surface area contributed by atoms with Crippen LogP contribution in [0.15, 0.2) is 53.0 Å². The van der Waals surface area contributed by atoms with Gasteiger partial charge in [0.25, 0.3) is 0 Å². The highest BCUT2D eigenvalue weighted by Gasteiger charge is 2.16. The molecule has 0 atom stereocenters. The second-order valence-electron chi connectivity index (χ2n) is 6.07. The molecule has 122 valence electrons. The average Bonchev–Trinajstić information content (AvgIpc) is 2.43. The maximum atomic E-state index is 11.8. The smallest absolute Gasteiger partial charge is 0.412 e. The molecule has 2 rings (SSSR count). The van der Waals surface area contributed by atoms with Crippen LogP contribution in [0.1, 0.15) is 26.3 Å². The van der Waals surface area contributed by atoms with Gasteiger partial charge >= 0.3 is 6.09 Å². The third-order valence-electron chi connectivity index (χ3n) is 2.77. The predicted molar refractivity (Wildman–Crippen MR) is 94.8 cm³/mol. The van der Waals surface area contributed by atoms with Crippen molar-refractivity contribution in [3.63, 3.8) is 0 Å². The fourth-order valence-electron chi connectivity index (χ4n) is 1.88. The summed E-state index contributed by atoms with van der Waals surface area (Å²) in [7, 11) is 0. The summed E-state index contributed by atoms with van der Waals surface area (Å²) < 4.78 is 11.9. The maximum absolute atomic E-state index is 11.8. The summed E-state index contributed by atoms with van der Waals surface area (Å²) in [5.41, 5.74) is 1.11. The van der Waals surface area contributed by atoms with Crippen LogP contribution in [-0.2, 0) is 11.3 Å². The van der Waals surface area contributed by atoms with Gasteiger partial charge in [-0.05, 0) is 56.7 Å². The molecule has 0 spiro atoms. The van der Waals surface area contributed by atoms with Gasteiger partial charge in [0, 0.05) is 10.2 Å². The highest BCUT2D eigenvalue weighted by atomic mass is 79.9. The fourth-order valence-corrected chi connectivity index (χ4v) is 2.26. The van der Waals surface area contributed by atoms with Gasteiger partial charge in [0.1, 0.15) is 18.0 Å². The molecule has 2 aromatic rings. The van der Waals surface area contributed by atoms with E-state index in [4.69, 9.17) is 9.47 Å². The van der Waals surface area contributed by atoms with E-state index in [1.165, 1.54) is 0 Å². The van der Waals surface area contributed by atoms with Gasteiger partial charge in [-0.1, -0.05) is 34.1 Å². The first-order chi connectivity index (χ1) is 10.8. The summed E-state index contributed by atoms with van der Waals surface area (Å²) >= 11 is 3.41. The first kappa shape index (κ1) is 17.3. The van der Waals surface area contributed by atoms with E-state index in [9.17, 15) is 4.79 Å². The molecular formula is C18H20BrNO3. The zero-order chi connectivity index (χ0) is 16.9. The molecule has 0 aliphatic rings. The van der Waals surface area contributed by atoms with E-state index in [1.54, 1.807) is 0 Å². The normalized spacial score (nSPS) is 11.0. The van der Waals surface area contributed by atoms with Gasteiger partial charge in [-0.3, -0.25) is 5.32 Å². The van der Waals surface area contributed by atoms with Gasteiger partial charge in [-0.25, -0.2) is 4.79 Å². The van der Waals surface area contributed by atoms with Crippen molar-refractivity contribution in [2.45, 2.75) is 33.0 Å². The Balaban J connectivity index is 1.95. The molecule has 1 N–H and O–H groups in total.